The molecule has 1 aromatic heterocycles. The Kier molecular flexibility index (Phi) is 6.51. The number of nitrogens with zero attached hydrogens (tertiary/aromatic N) is 2. The Morgan fingerprint density at radius 3 is 2.38 bits per heavy atom. The summed E-state index contributed by atoms with van der Waals surface area (Å²) in [5, 5.41) is 6.60. The first-order valence-electron chi connectivity index (χ1n) is 8.72. The molecule has 0 aliphatic heterocycles. The van der Waals surface area contributed by atoms with Gasteiger partial charge in [0.05, 0.1) is 27.9 Å². The van der Waals surface area contributed by atoms with Gasteiger partial charge < -0.3 is 28.8 Å². The van der Waals surface area contributed by atoms with Gasteiger partial charge in [-0.1, -0.05) is 17.3 Å². The quantitative estimate of drug-likeness (QED) is 0.585. The summed E-state index contributed by atoms with van der Waals surface area (Å²) in [5.41, 5.74) is 0.698. The smallest absolute Gasteiger partial charge is 0.258 e. The van der Waals surface area contributed by atoms with Crippen molar-refractivity contribution in [1.29, 1.82) is 0 Å². The first-order valence-corrected chi connectivity index (χ1v) is 8.72. The molecule has 0 saturated carbocycles. The van der Waals surface area contributed by atoms with E-state index in [4.69, 9.17) is 23.5 Å². The number of amides is 1. The Labute approximate surface area is 167 Å². The molecule has 1 N–H and O–H groups in total. The van der Waals surface area contributed by atoms with E-state index in [2.05, 4.69) is 15.5 Å². The topological polar surface area (TPSA) is 105 Å². The highest BCUT2D eigenvalue weighted by atomic mass is 16.5. The standard InChI is InChI=1S/C20H21N3O6/c1-25-14-6-4-5-7-16(14)28-12-18(24)21-11-19-22-20(23-29-19)13-8-9-15(26-2)17(10-13)27-3/h4-10H,11-12H2,1-3H3,(H,21,24). The molecule has 9 heteroatoms. The van der Waals surface area contributed by atoms with Crippen molar-refractivity contribution in [3.8, 4) is 34.4 Å². The number of carbonyl (C=O) groups is 1. The Bertz CT molecular complexity index is 972. The molecule has 0 aliphatic carbocycles. The summed E-state index contributed by atoms with van der Waals surface area (Å²) in [4.78, 5) is 16.3. The van der Waals surface area contributed by atoms with Gasteiger partial charge >= 0.3 is 0 Å². The van der Waals surface area contributed by atoms with Crippen molar-refractivity contribution in [3.05, 3.63) is 48.4 Å². The monoisotopic (exact) mass is 399 g/mol. The van der Waals surface area contributed by atoms with Gasteiger partial charge in [-0.15, -0.1) is 0 Å². The number of benzene rings is 2. The molecule has 3 aromatic rings. The van der Waals surface area contributed by atoms with Crippen molar-refractivity contribution in [2.75, 3.05) is 27.9 Å². The van der Waals surface area contributed by atoms with Crippen LogP contribution in [0.2, 0.25) is 0 Å². The molecule has 0 bridgehead atoms. The second kappa shape index (κ2) is 9.45. The van der Waals surface area contributed by atoms with E-state index in [0.29, 0.717) is 34.4 Å². The fourth-order valence-electron chi connectivity index (χ4n) is 2.53. The van der Waals surface area contributed by atoms with Crippen LogP contribution < -0.4 is 24.3 Å². The molecule has 3 rings (SSSR count). The maximum atomic E-state index is 12.0. The average molecular weight is 399 g/mol. The zero-order valence-corrected chi connectivity index (χ0v) is 16.3. The minimum atomic E-state index is -0.332. The van der Waals surface area contributed by atoms with Crippen molar-refractivity contribution in [3.63, 3.8) is 0 Å². The van der Waals surface area contributed by atoms with Gasteiger partial charge in [0.25, 0.3) is 5.91 Å². The van der Waals surface area contributed by atoms with Crippen molar-refractivity contribution in [2.45, 2.75) is 6.54 Å². The number of carbonyl (C=O) groups excluding carboxylic acids is 1. The van der Waals surface area contributed by atoms with Gasteiger partial charge in [0, 0.05) is 5.56 Å². The lowest BCUT2D eigenvalue weighted by atomic mass is 10.2. The first kappa shape index (κ1) is 20.0. The molecular formula is C20H21N3O6. The SMILES string of the molecule is COc1ccc(-c2noc(CNC(=O)COc3ccccc3OC)n2)cc1OC. The lowest BCUT2D eigenvalue weighted by Gasteiger charge is -2.09. The van der Waals surface area contributed by atoms with Crippen LogP contribution >= 0.6 is 0 Å². The second-order valence-electron chi connectivity index (χ2n) is 5.80. The molecule has 29 heavy (non-hydrogen) atoms. The van der Waals surface area contributed by atoms with Crippen LogP contribution in [0.4, 0.5) is 0 Å². The highest BCUT2D eigenvalue weighted by molar-refractivity contribution is 5.77. The molecule has 0 aliphatic rings. The number of nitrogens with one attached hydrogen (secondary N) is 1. The van der Waals surface area contributed by atoms with Gasteiger partial charge in [0.1, 0.15) is 0 Å². The van der Waals surface area contributed by atoms with Gasteiger partial charge in [-0.05, 0) is 30.3 Å². The molecule has 9 nitrogen and oxygen atoms in total. The fourth-order valence-corrected chi connectivity index (χ4v) is 2.53. The Hall–Kier alpha value is -3.75. The minimum absolute atomic E-state index is 0.0778. The predicted molar refractivity (Wildman–Crippen MR) is 103 cm³/mol. The number of hydrogen-bond acceptors (Lipinski definition) is 8. The predicted octanol–water partition coefficient (Wildman–Crippen LogP) is 2.46. The highest BCUT2D eigenvalue weighted by Gasteiger charge is 2.13. The molecular weight excluding hydrogens is 378 g/mol. The number of hydrogen-bond donors (Lipinski definition) is 1. The second-order valence-corrected chi connectivity index (χ2v) is 5.80. The van der Waals surface area contributed by atoms with Crippen LogP contribution in [0.1, 0.15) is 5.89 Å². The molecule has 1 heterocycles. The Morgan fingerprint density at radius 1 is 0.966 bits per heavy atom. The lowest BCUT2D eigenvalue weighted by Crippen LogP contribution is -2.28. The summed E-state index contributed by atoms with van der Waals surface area (Å²) in [6.45, 7) is -0.0918. The molecule has 0 atom stereocenters. The van der Waals surface area contributed by atoms with Crippen LogP contribution in [0.15, 0.2) is 47.0 Å². The number of aromatic nitrogens is 2. The maximum Gasteiger partial charge on any atom is 0.258 e. The molecule has 0 radical (unpaired) electrons. The maximum absolute atomic E-state index is 12.0. The lowest BCUT2D eigenvalue weighted by molar-refractivity contribution is -0.123. The molecule has 0 unspecified atom stereocenters. The largest absolute Gasteiger partial charge is 0.493 e. The number of rotatable bonds is 9. The van der Waals surface area contributed by atoms with Crippen LogP contribution in [0, 0.1) is 0 Å². The first-order chi connectivity index (χ1) is 14.1. The van der Waals surface area contributed by atoms with Crippen molar-refractivity contribution in [2.24, 2.45) is 0 Å². The van der Waals surface area contributed by atoms with Crippen LogP contribution in [-0.2, 0) is 11.3 Å². The fraction of sp³-hybridized carbons (Fsp3) is 0.250. The van der Waals surface area contributed by atoms with Crippen molar-refractivity contribution >= 4 is 5.91 Å². The van der Waals surface area contributed by atoms with Crippen LogP contribution in [0.3, 0.4) is 0 Å². The number of methoxy groups -OCH3 is 3. The van der Waals surface area contributed by atoms with Gasteiger partial charge in [-0.25, -0.2) is 0 Å². The minimum Gasteiger partial charge on any atom is -0.493 e. The van der Waals surface area contributed by atoms with Crippen LogP contribution in [0.25, 0.3) is 11.4 Å². The molecule has 0 spiro atoms. The third-order valence-electron chi connectivity index (χ3n) is 3.97. The zero-order chi connectivity index (χ0) is 20.6. The van der Waals surface area contributed by atoms with Gasteiger partial charge in [0.2, 0.25) is 11.7 Å². The van der Waals surface area contributed by atoms with E-state index in [1.54, 1.807) is 50.6 Å². The van der Waals surface area contributed by atoms with Crippen LogP contribution in [-0.4, -0.2) is 44.0 Å². The van der Waals surface area contributed by atoms with E-state index in [1.165, 1.54) is 7.11 Å². The Morgan fingerprint density at radius 2 is 1.66 bits per heavy atom. The van der Waals surface area contributed by atoms with Crippen molar-refractivity contribution in [1.82, 2.24) is 15.5 Å². The third kappa shape index (κ3) is 4.95. The molecule has 1 amide bonds. The summed E-state index contributed by atoms with van der Waals surface area (Å²) in [6, 6.07) is 12.4. The van der Waals surface area contributed by atoms with E-state index in [-0.39, 0.29) is 24.9 Å². The van der Waals surface area contributed by atoms with Crippen molar-refractivity contribution < 1.29 is 28.3 Å². The molecule has 0 saturated heterocycles. The summed E-state index contributed by atoms with van der Waals surface area (Å²) >= 11 is 0. The normalized spacial score (nSPS) is 10.3. The van der Waals surface area contributed by atoms with E-state index in [9.17, 15) is 4.79 Å². The summed E-state index contributed by atoms with van der Waals surface area (Å²) in [5.74, 6) is 2.50. The summed E-state index contributed by atoms with van der Waals surface area (Å²) in [6.07, 6.45) is 0. The molecule has 2 aromatic carbocycles. The number of ether oxygens (including phenoxy) is 4. The zero-order valence-electron chi connectivity index (χ0n) is 16.3. The van der Waals surface area contributed by atoms with E-state index in [1.807, 2.05) is 6.07 Å². The summed E-state index contributed by atoms with van der Waals surface area (Å²) in [7, 11) is 4.64. The molecule has 152 valence electrons. The van der Waals surface area contributed by atoms with E-state index >= 15 is 0 Å². The Balaban J connectivity index is 1.56. The third-order valence-corrected chi connectivity index (χ3v) is 3.97. The van der Waals surface area contributed by atoms with E-state index < -0.39 is 0 Å². The summed E-state index contributed by atoms with van der Waals surface area (Å²) < 4.78 is 26.3. The van der Waals surface area contributed by atoms with Crippen LogP contribution in [0.5, 0.6) is 23.0 Å². The number of para-hydroxylation sites is 2. The molecule has 0 fully saturated rings. The van der Waals surface area contributed by atoms with Gasteiger partial charge in [0.15, 0.2) is 29.6 Å². The highest BCUT2D eigenvalue weighted by Crippen LogP contribution is 2.31. The van der Waals surface area contributed by atoms with Gasteiger partial charge in [-0.2, -0.15) is 4.98 Å². The van der Waals surface area contributed by atoms with E-state index in [0.717, 1.165) is 0 Å². The average Bonchev–Trinajstić information content (AvgIpc) is 3.25. The van der Waals surface area contributed by atoms with Gasteiger partial charge in [-0.3, -0.25) is 4.79 Å².